The summed E-state index contributed by atoms with van der Waals surface area (Å²) in [5, 5.41) is 8.58. The van der Waals surface area contributed by atoms with Gasteiger partial charge in [-0.3, -0.25) is 4.79 Å². The molecule has 4 heteroatoms. The van der Waals surface area contributed by atoms with Crippen molar-refractivity contribution in [3.05, 3.63) is 54.1 Å². The number of carboxylic acids is 1. The van der Waals surface area contributed by atoms with Crippen molar-refractivity contribution in [3.63, 3.8) is 0 Å². The van der Waals surface area contributed by atoms with Crippen molar-refractivity contribution < 1.29 is 9.90 Å². The number of hydrogen-bond donors (Lipinski definition) is 1. The van der Waals surface area contributed by atoms with Crippen LogP contribution in [-0.2, 0) is 17.8 Å². The van der Waals surface area contributed by atoms with E-state index in [1.54, 1.807) is 6.33 Å². The lowest BCUT2D eigenvalue weighted by Crippen LogP contribution is -1.98. The van der Waals surface area contributed by atoms with E-state index in [1.165, 1.54) is 5.56 Å². The normalized spacial score (nSPS) is 10.4. The van der Waals surface area contributed by atoms with Crippen molar-refractivity contribution in [2.75, 3.05) is 0 Å². The molecule has 1 aromatic heterocycles. The van der Waals surface area contributed by atoms with E-state index in [2.05, 4.69) is 17.1 Å². The third-order valence-corrected chi connectivity index (χ3v) is 2.49. The summed E-state index contributed by atoms with van der Waals surface area (Å²) in [5.41, 5.74) is 2.03. The molecule has 0 bridgehead atoms. The van der Waals surface area contributed by atoms with Gasteiger partial charge in [0.15, 0.2) is 0 Å². The summed E-state index contributed by atoms with van der Waals surface area (Å²) in [5.74, 6) is -0.789. The van der Waals surface area contributed by atoms with Gasteiger partial charge < -0.3 is 9.67 Å². The zero-order valence-electron chi connectivity index (χ0n) is 9.41. The number of aliphatic carboxylic acids is 1. The molecule has 0 aliphatic rings. The molecule has 0 unspecified atom stereocenters. The topological polar surface area (TPSA) is 55.1 Å². The zero-order valence-corrected chi connectivity index (χ0v) is 9.41. The van der Waals surface area contributed by atoms with Crippen LogP contribution in [0.2, 0.25) is 0 Å². The van der Waals surface area contributed by atoms with Crippen LogP contribution in [0.4, 0.5) is 0 Å². The molecule has 0 saturated carbocycles. The quantitative estimate of drug-likeness (QED) is 0.854. The number of benzene rings is 1. The molecule has 4 nitrogen and oxygen atoms in total. The summed E-state index contributed by atoms with van der Waals surface area (Å²) >= 11 is 0. The number of aromatic nitrogens is 2. The SMILES string of the molecule is O=C(O)CCc1cn(Cc2ccccc2)cn1. The standard InChI is InChI=1S/C13H14N2O2/c16-13(17)7-6-12-9-15(10-14-12)8-11-4-2-1-3-5-11/h1-5,9-10H,6-8H2,(H,16,17). The van der Waals surface area contributed by atoms with Crippen molar-refractivity contribution in [2.24, 2.45) is 0 Å². The minimum Gasteiger partial charge on any atom is -0.481 e. The van der Waals surface area contributed by atoms with Gasteiger partial charge in [-0.1, -0.05) is 30.3 Å². The highest BCUT2D eigenvalue weighted by Crippen LogP contribution is 2.05. The van der Waals surface area contributed by atoms with Gasteiger partial charge >= 0.3 is 5.97 Å². The summed E-state index contributed by atoms with van der Waals surface area (Å²) < 4.78 is 1.96. The maximum Gasteiger partial charge on any atom is 0.303 e. The van der Waals surface area contributed by atoms with E-state index >= 15 is 0 Å². The lowest BCUT2D eigenvalue weighted by molar-refractivity contribution is -0.136. The van der Waals surface area contributed by atoms with Crippen LogP contribution in [0.25, 0.3) is 0 Å². The van der Waals surface area contributed by atoms with E-state index in [4.69, 9.17) is 5.11 Å². The Morgan fingerprint density at radius 3 is 2.76 bits per heavy atom. The Morgan fingerprint density at radius 2 is 2.06 bits per heavy atom. The van der Waals surface area contributed by atoms with Crippen LogP contribution < -0.4 is 0 Å². The predicted octanol–water partition coefficient (Wildman–Crippen LogP) is 1.95. The summed E-state index contributed by atoms with van der Waals surface area (Å²) in [7, 11) is 0. The van der Waals surface area contributed by atoms with Gasteiger partial charge in [-0.25, -0.2) is 4.98 Å². The molecule has 0 radical (unpaired) electrons. The molecule has 0 aliphatic heterocycles. The molecule has 0 aliphatic carbocycles. The van der Waals surface area contributed by atoms with Crippen LogP contribution >= 0.6 is 0 Å². The highest BCUT2D eigenvalue weighted by Gasteiger charge is 2.02. The first-order chi connectivity index (χ1) is 8.24. The fraction of sp³-hybridized carbons (Fsp3) is 0.231. The molecule has 17 heavy (non-hydrogen) atoms. The molecule has 1 aromatic carbocycles. The summed E-state index contributed by atoms with van der Waals surface area (Å²) in [6.45, 7) is 0.765. The van der Waals surface area contributed by atoms with Gasteiger partial charge in [0.25, 0.3) is 0 Å². The Labute approximate surface area is 99.5 Å². The molecular formula is C13H14N2O2. The zero-order chi connectivity index (χ0) is 12.1. The lowest BCUT2D eigenvalue weighted by Gasteiger charge is -2.01. The van der Waals surface area contributed by atoms with E-state index in [9.17, 15) is 4.79 Å². The number of imidazole rings is 1. The molecule has 0 fully saturated rings. The smallest absolute Gasteiger partial charge is 0.303 e. The van der Waals surface area contributed by atoms with Gasteiger partial charge in [-0.05, 0) is 5.56 Å². The van der Waals surface area contributed by atoms with Crippen LogP contribution in [0.1, 0.15) is 17.7 Å². The minimum absolute atomic E-state index is 0.127. The number of rotatable bonds is 5. The van der Waals surface area contributed by atoms with Gasteiger partial charge in [0.1, 0.15) is 0 Å². The van der Waals surface area contributed by atoms with Crippen LogP contribution in [0, 0.1) is 0 Å². The summed E-state index contributed by atoms with van der Waals surface area (Å²) in [6.07, 6.45) is 4.25. The van der Waals surface area contributed by atoms with E-state index in [0.717, 1.165) is 12.2 Å². The molecular weight excluding hydrogens is 216 g/mol. The third kappa shape index (κ3) is 3.45. The molecule has 0 atom stereocenters. The van der Waals surface area contributed by atoms with Crippen molar-refractivity contribution in [3.8, 4) is 0 Å². The Hall–Kier alpha value is -2.10. The van der Waals surface area contributed by atoms with Crippen LogP contribution in [0.3, 0.4) is 0 Å². The average Bonchev–Trinajstić information content (AvgIpc) is 2.75. The third-order valence-electron chi connectivity index (χ3n) is 2.49. The molecule has 0 spiro atoms. The van der Waals surface area contributed by atoms with E-state index in [1.807, 2.05) is 29.0 Å². The highest BCUT2D eigenvalue weighted by molar-refractivity contribution is 5.66. The van der Waals surface area contributed by atoms with Crippen LogP contribution in [-0.4, -0.2) is 20.6 Å². The Bertz CT molecular complexity index is 491. The van der Waals surface area contributed by atoms with Gasteiger partial charge in [0.05, 0.1) is 18.4 Å². The van der Waals surface area contributed by atoms with E-state index in [0.29, 0.717) is 6.42 Å². The molecule has 1 N–H and O–H groups in total. The van der Waals surface area contributed by atoms with E-state index in [-0.39, 0.29) is 6.42 Å². The fourth-order valence-corrected chi connectivity index (χ4v) is 1.65. The van der Waals surface area contributed by atoms with Crippen LogP contribution in [0.5, 0.6) is 0 Å². The Morgan fingerprint density at radius 1 is 1.29 bits per heavy atom. The largest absolute Gasteiger partial charge is 0.481 e. The predicted molar refractivity (Wildman–Crippen MR) is 63.7 cm³/mol. The molecule has 2 rings (SSSR count). The van der Waals surface area contributed by atoms with Crippen molar-refractivity contribution >= 4 is 5.97 Å². The highest BCUT2D eigenvalue weighted by atomic mass is 16.4. The monoisotopic (exact) mass is 230 g/mol. The summed E-state index contributed by atoms with van der Waals surface area (Å²) in [6, 6.07) is 10.1. The number of aryl methyl sites for hydroxylation is 1. The van der Waals surface area contributed by atoms with Crippen LogP contribution in [0.15, 0.2) is 42.9 Å². The first-order valence-electron chi connectivity index (χ1n) is 5.50. The van der Waals surface area contributed by atoms with Crippen molar-refractivity contribution in [1.29, 1.82) is 0 Å². The van der Waals surface area contributed by atoms with Gasteiger partial charge in [0, 0.05) is 19.2 Å². The number of carboxylic acid groups (broad SMARTS) is 1. The van der Waals surface area contributed by atoms with Gasteiger partial charge in [-0.2, -0.15) is 0 Å². The van der Waals surface area contributed by atoms with Crippen molar-refractivity contribution in [2.45, 2.75) is 19.4 Å². The fourth-order valence-electron chi connectivity index (χ4n) is 1.65. The maximum absolute atomic E-state index is 10.4. The average molecular weight is 230 g/mol. The second-order valence-corrected chi connectivity index (χ2v) is 3.92. The van der Waals surface area contributed by atoms with Crippen molar-refractivity contribution in [1.82, 2.24) is 9.55 Å². The Balaban J connectivity index is 1.97. The Kier molecular flexibility index (Phi) is 3.55. The number of nitrogens with zero attached hydrogens (tertiary/aromatic N) is 2. The second-order valence-electron chi connectivity index (χ2n) is 3.92. The maximum atomic E-state index is 10.4. The summed E-state index contributed by atoms with van der Waals surface area (Å²) in [4.78, 5) is 14.6. The first-order valence-corrected chi connectivity index (χ1v) is 5.50. The van der Waals surface area contributed by atoms with Gasteiger partial charge in [-0.15, -0.1) is 0 Å². The first kappa shape index (κ1) is 11.4. The molecule has 2 aromatic rings. The molecule has 1 heterocycles. The number of carbonyl (C=O) groups is 1. The number of hydrogen-bond acceptors (Lipinski definition) is 2. The second kappa shape index (κ2) is 5.30. The molecule has 0 saturated heterocycles. The minimum atomic E-state index is -0.789. The molecule has 88 valence electrons. The van der Waals surface area contributed by atoms with Gasteiger partial charge in [0.2, 0.25) is 0 Å². The van der Waals surface area contributed by atoms with E-state index < -0.39 is 5.97 Å². The molecule has 0 amide bonds. The lowest BCUT2D eigenvalue weighted by atomic mass is 10.2.